The summed E-state index contributed by atoms with van der Waals surface area (Å²) in [6, 6.07) is 10.0. The zero-order valence-corrected chi connectivity index (χ0v) is 14.5. The van der Waals surface area contributed by atoms with Gasteiger partial charge in [-0.2, -0.15) is 0 Å². The first kappa shape index (κ1) is 17.1. The molecule has 1 heterocycles. The zero-order valence-electron chi connectivity index (χ0n) is 13.6. The molecule has 0 fully saturated rings. The number of carbonyl (C=O) groups is 1. The Balaban J connectivity index is 2.60. The number of hydrogen-bond donors (Lipinski definition) is 0. The number of rotatable bonds is 3. The molecular formula is C17H20N2O3S. The van der Waals surface area contributed by atoms with Gasteiger partial charge in [0.2, 0.25) is 0 Å². The van der Waals surface area contributed by atoms with Crippen LogP contribution in [0.2, 0.25) is 0 Å². The minimum atomic E-state index is -3.39. The van der Waals surface area contributed by atoms with E-state index in [4.69, 9.17) is 0 Å². The van der Waals surface area contributed by atoms with Gasteiger partial charge in [-0.3, -0.25) is 14.4 Å². The lowest BCUT2D eigenvalue weighted by Crippen LogP contribution is -2.28. The van der Waals surface area contributed by atoms with Crippen molar-refractivity contribution in [2.75, 3.05) is 6.26 Å². The van der Waals surface area contributed by atoms with Gasteiger partial charge in [-0.1, -0.05) is 12.1 Å². The Kier molecular flexibility index (Phi) is 4.85. The van der Waals surface area contributed by atoms with Gasteiger partial charge >= 0.3 is 0 Å². The summed E-state index contributed by atoms with van der Waals surface area (Å²) in [6.45, 7) is 5.56. The van der Waals surface area contributed by atoms with E-state index in [2.05, 4.69) is 4.99 Å². The fourth-order valence-corrected chi connectivity index (χ4v) is 3.24. The second kappa shape index (κ2) is 6.50. The SMILES string of the molecule is Cc1ccc(C(=O)n2ccccc2=NC(C)C)cc1S(C)(=O)=O. The number of benzene rings is 1. The number of hydrogen-bond acceptors (Lipinski definition) is 4. The molecule has 122 valence electrons. The molecule has 0 N–H and O–H groups in total. The van der Waals surface area contributed by atoms with Crippen LogP contribution in [0.1, 0.15) is 29.8 Å². The molecule has 0 atom stereocenters. The first-order valence-electron chi connectivity index (χ1n) is 7.27. The van der Waals surface area contributed by atoms with Crippen LogP contribution in [0.4, 0.5) is 0 Å². The number of pyridine rings is 1. The monoisotopic (exact) mass is 332 g/mol. The molecule has 0 radical (unpaired) electrons. The zero-order chi connectivity index (χ0) is 17.2. The van der Waals surface area contributed by atoms with E-state index in [0.29, 0.717) is 16.6 Å². The number of aromatic nitrogens is 1. The van der Waals surface area contributed by atoms with Gasteiger partial charge in [0.05, 0.1) is 4.90 Å². The molecule has 0 bridgehead atoms. The quantitative estimate of drug-likeness (QED) is 0.865. The van der Waals surface area contributed by atoms with Crippen molar-refractivity contribution in [3.05, 3.63) is 59.2 Å². The van der Waals surface area contributed by atoms with Gasteiger partial charge in [-0.05, 0) is 50.6 Å². The average molecular weight is 332 g/mol. The highest BCUT2D eigenvalue weighted by atomic mass is 32.2. The van der Waals surface area contributed by atoms with Gasteiger partial charge in [0.15, 0.2) is 9.84 Å². The lowest BCUT2D eigenvalue weighted by Gasteiger charge is -2.10. The number of sulfone groups is 1. The first-order valence-corrected chi connectivity index (χ1v) is 9.16. The van der Waals surface area contributed by atoms with Crippen molar-refractivity contribution in [1.29, 1.82) is 0 Å². The predicted octanol–water partition coefficient (Wildman–Crippen LogP) is 2.20. The Hall–Kier alpha value is -2.21. The maximum Gasteiger partial charge on any atom is 0.263 e. The second-order valence-electron chi connectivity index (χ2n) is 5.71. The molecule has 1 aromatic heterocycles. The molecule has 2 aromatic rings. The van der Waals surface area contributed by atoms with Crippen LogP contribution >= 0.6 is 0 Å². The summed E-state index contributed by atoms with van der Waals surface area (Å²) in [5.41, 5.74) is 1.47. The van der Waals surface area contributed by atoms with Gasteiger partial charge in [0.1, 0.15) is 5.49 Å². The smallest absolute Gasteiger partial charge is 0.263 e. The van der Waals surface area contributed by atoms with Crippen molar-refractivity contribution in [2.24, 2.45) is 4.99 Å². The molecule has 1 aromatic carbocycles. The van der Waals surface area contributed by atoms with Crippen LogP contribution in [0.5, 0.6) is 0 Å². The van der Waals surface area contributed by atoms with Crippen molar-refractivity contribution < 1.29 is 13.2 Å². The third-order valence-corrected chi connectivity index (χ3v) is 4.52. The van der Waals surface area contributed by atoms with E-state index in [1.807, 2.05) is 19.9 Å². The molecule has 5 nitrogen and oxygen atoms in total. The Bertz CT molecular complexity index is 909. The van der Waals surface area contributed by atoms with Crippen molar-refractivity contribution in [3.63, 3.8) is 0 Å². The highest BCUT2D eigenvalue weighted by Gasteiger charge is 2.16. The van der Waals surface area contributed by atoms with Crippen molar-refractivity contribution in [2.45, 2.75) is 31.7 Å². The van der Waals surface area contributed by atoms with Gasteiger partial charge < -0.3 is 0 Å². The van der Waals surface area contributed by atoms with Crippen LogP contribution in [0.15, 0.2) is 52.5 Å². The number of nitrogens with zero attached hydrogens (tertiary/aromatic N) is 2. The average Bonchev–Trinajstić information content (AvgIpc) is 2.46. The fraction of sp³-hybridized carbons (Fsp3) is 0.294. The van der Waals surface area contributed by atoms with Gasteiger partial charge in [-0.15, -0.1) is 0 Å². The Labute approximate surface area is 136 Å². The normalized spacial score (nSPS) is 12.7. The predicted molar refractivity (Wildman–Crippen MR) is 89.1 cm³/mol. The molecule has 0 aliphatic heterocycles. The van der Waals surface area contributed by atoms with Crippen molar-refractivity contribution in [1.82, 2.24) is 4.57 Å². The highest BCUT2D eigenvalue weighted by Crippen LogP contribution is 2.17. The fourth-order valence-electron chi connectivity index (χ4n) is 2.25. The summed E-state index contributed by atoms with van der Waals surface area (Å²) in [5, 5.41) is 0. The van der Waals surface area contributed by atoms with Gasteiger partial charge in [0.25, 0.3) is 5.91 Å². The van der Waals surface area contributed by atoms with Gasteiger partial charge in [0, 0.05) is 24.1 Å². The molecule has 0 amide bonds. The molecule has 0 spiro atoms. The second-order valence-corrected chi connectivity index (χ2v) is 7.69. The van der Waals surface area contributed by atoms with Crippen molar-refractivity contribution in [3.8, 4) is 0 Å². The van der Waals surface area contributed by atoms with E-state index < -0.39 is 9.84 Å². The first-order chi connectivity index (χ1) is 10.7. The Morgan fingerprint density at radius 3 is 2.48 bits per heavy atom. The van der Waals surface area contributed by atoms with Crippen LogP contribution in [0, 0.1) is 6.92 Å². The summed E-state index contributed by atoms with van der Waals surface area (Å²) in [4.78, 5) is 17.3. The summed E-state index contributed by atoms with van der Waals surface area (Å²) >= 11 is 0. The Morgan fingerprint density at radius 2 is 1.87 bits per heavy atom. The number of carbonyl (C=O) groups excluding carboxylic acids is 1. The lowest BCUT2D eigenvalue weighted by atomic mass is 10.1. The number of aryl methyl sites for hydroxylation is 1. The summed E-state index contributed by atoms with van der Waals surface area (Å²) in [5.74, 6) is -0.310. The molecule has 0 aliphatic rings. The molecule has 0 aliphatic carbocycles. The van der Waals surface area contributed by atoms with Crippen LogP contribution in [0.3, 0.4) is 0 Å². The molecule has 0 unspecified atom stereocenters. The van der Waals surface area contributed by atoms with E-state index in [-0.39, 0.29) is 16.8 Å². The maximum atomic E-state index is 12.7. The van der Waals surface area contributed by atoms with Crippen LogP contribution in [-0.2, 0) is 9.84 Å². The minimum Gasteiger partial charge on any atom is -0.268 e. The molecule has 0 saturated carbocycles. The van der Waals surface area contributed by atoms with Gasteiger partial charge in [-0.25, -0.2) is 8.42 Å². The maximum absolute atomic E-state index is 12.7. The molecule has 0 saturated heterocycles. The largest absolute Gasteiger partial charge is 0.268 e. The van der Waals surface area contributed by atoms with E-state index in [0.717, 1.165) is 6.26 Å². The van der Waals surface area contributed by atoms with E-state index >= 15 is 0 Å². The summed E-state index contributed by atoms with van der Waals surface area (Å²) < 4.78 is 25.1. The Morgan fingerprint density at radius 1 is 1.17 bits per heavy atom. The molecule has 6 heteroatoms. The molecule has 23 heavy (non-hydrogen) atoms. The highest BCUT2D eigenvalue weighted by molar-refractivity contribution is 7.90. The minimum absolute atomic E-state index is 0.0426. The topological polar surface area (TPSA) is 68.5 Å². The van der Waals surface area contributed by atoms with E-state index in [1.54, 1.807) is 37.4 Å². The lowest BCUT2D eigenvalue weighted by molar-refractivity contribution is 0.0954. The molecule has 2 rings (SSSR count). The van der Waals surface area contributed by atoms with Crippen LogP contribution < -0.4 is 5.49 Å². The summed E-state index contributed by atoms with van der Waals surface area (Å²) in [7, 11) is -3.39. The van der Waals surface area contributed by atoms with Crippen LogP contribution in [0.25, 0.3) is 0 Å². The third-order valence-electron chi connectivity index (χ3n) is 3.28. The molecular weight excluding hydrogens is 312 g/mol. The summed E-state index contributed by atoms with van der Waals surface area (Å²) in [6.07, 6.45) is 2.77. The third kappa shape index (κ3) is 3.96. The van der Waals surface area contributed by atoms with Crippen LogP contribution in [-0.4, -0.2) is 31.2 Å². The van der Waals surface area contributed by atoms with Crippen molar-refractivity contribution >= 4 is 15.7 Å². The standard InChI is InChI=1S/C17H20N2O3S/c1-12(2)18-16-7-5-6-10-19(16)17(20)14-9-8-13(3)15(11-14)23(4,21)22/h5-12H,1-4H3. The van der Waals surface area contributed by atoms with E-state index in [9.17, 15) is 13.2 Å². The van der Waals surface area contributed by atoms with E-state index in [1.165, 1.54) is 10.6 Å².